The van der Waals surface area contributed by atoms with E-state index in [0.29, 0.717) is 6.07 Å². The predicted molar refractivity (Wildman–Crippen MR) is 78.1 cm³/mol. The maximum absolute atomic E-state index is 12.7. The van der Waals surface area contributed by atoms with Crippen molar-refractivity contribution in [2.45, 2.75) is 18.0 Å². The molecular formula is C14H10BrF3O3S. The lowest BCUT2D eigenvalue weighted by molar-refractivity contribution is -0.137. The van der Waals surface area contributed by atoms with E-state index >= 15 is 0 Å². The molecule has 0 atom stereocenters. The van der Waals surface area contributed by atoms with Crippen molar-refractivity contribution in [3.8, 4) is 5.75 Å². The van der Waals surface area contributed by atoms with E-state index in [1.807, 2.05) is 0 Å². The normalized spacial score (nSPS) is 12.2. The monoisotopic (exact) mass is 394 g/mol. The van der Waals surface area contributed by atoms with Crippen LogP contribution in [0.25, 0.3) is 0 Å². The first-order chi connectivity index (χ1) is 10.1. The summed E-state index contributed by atoms with van der Waals surface area (Å²) in [4.78, 5) is -0.133. The van der Waals surface area contributed by atoms with Crippen LogP contribution in [0.1, 0.15) is 11.1 Å². The van der Waals surface area contributed by atoms with Gasteiger partial charge in [0, 0.05) is 4.47 Å². The molecule has 0 aromatic heterocycles. The van der Waals surface area contributed by atoms with Crippen LogP contribution < -0.4 is 4.18 Å². The molecule has 8 heteroatoms. The van der Waals surface area contributed by atoms with Crippen molar-refractivity contribution in [3.05, 3.63) is 58.1 Å². The van der Waals surface area contributed by atoms with Crippen LogP contribution in [0.5, 0.6) is 5.75 Å². The molecule has 0 fully saturated rings. The highest BCUT2D eigenvalue weighted by molar-refractivity contribution is 9.10. The third-order valence-electron chi connectivity index (χ3n) is 2.71. The Labute approximate surface area is 134 Å². The summed E-state index contributed by atoms with van der Waals surface area (Å²) in [7, 11) is -4.20. The van der Waals surface area contributed by atoms with E-state index in [1.54, 1.807) is 19.1 Å². The molecule has 0 amide bonds. The van der Waals surface area contributed by atoms with Crippen LogP contribution in [-0.4, -0.2) is 8.42 Å². The maximum atomic E-state index is 12.7. The van der Waals surface area contributed by atoms with Crippen LogP contribution in [0.3, 0.4) is 0 Å². The number of rotatable bonds is 3. The Kier molecular flexibility index (Phi) is 4.53. The van der Waals surface area contributed by atoms with E-state index < -0.39 is 27.6 Å². The average molecular weight is 395 g/mol. The van der Waals surface area contributed by atoms with Gasteiger partial charge >= 0.3 is 16.3 Å². The second-order valence-corrected chi connectivity index (χ2v) is 6.99. The summed E-state index contributed by atoms with van der Waals surface area (Å²) in [6.07, 6.45) is -4.60. The molecule has 0 saturated heterocycles. The van der Waals surface area contributed by atoms with Crippen LogP contribution in [0.2, 0.25) is 0 Å². The van der Waals surface area contributed by atoms with Crippen LogP contribution >= 0.6 is 15.9 Å². The topological polar surface area (TPSA) is 43.4 Å². The minimum Gasteiger partial charge on any atom is -0.379 e. The Morgan fingerprint density at radius 3 is 2.18 bits per heavy atom. The fraction of sp³-hybridized carbons (Fsp3) is 0.143. The zero-order chi connectivity index (χ0) is 16.5. The first-order valence-corrected chi connectivity index (χ1v) is 8.17. The molecular weight excluding hydrogens is 385 g/mol. The van der Waals surface area contributed by atoms with Gasteiger partial charge in [0.2, 0.25) is 0 Å². The molecule has 0 spiro atoms. The summed E-state index contributed by atoms with van der Waals surface area (Å²) in [6, 6.07) is 8.42. The second kappa shape index (κ2) is 5.92. The first kappa shape index (κ1) is 16.8. The summed E-state index contributed by atoms with van der Waals surface area (Å²) in [6.45, 7) is 1.78. The van der Waals surface area contributed by atoms with Crippen molar-refractivity contribution in [2.75, 3.05) is 0 Å². The smallest absolute Gasteiger partial charge is 0.379 e. The molecule has 0 heterocycles. The number of benzene rings is 2. The fourth-order valence-electron chi connectivity index (χ4n) is 1.65. The van der Waals surface area contributed by atoms with Gasteiger partial charge in [-0.2, -0.15) is 21.6 Å². The maximum Gasteiger partial charge on any atom is 0.416 e. The van der Waals surface area contributed by atoms with E-state index in [1.165, 1.54) is 12.1 Å². The van der Waals surface area contributed by atoms with Crippen molar-refractivity contribution in [3.63, 3.8) is 0 Å². The summed E-state index contributed by atoms with van der Waals surface area (Å²) in [5.74, 6) is -0.415. The van der Waals surface area contributed by atoms with Gasteiger partial charge in [-0.25, -0.2) is 0 Å². The Balaban J connectivity index is 2.38. The number of hydrogen-bond donors (Lipinski definition) is 0. The Hall–Kier alpha value is -1.54. The second-order valence-electron chi connectivity index (χ2n) is 4.52. The Morgan fingerprint density at radius 2 is 1.64 bits per heavy atom. The molecule has 0 unspecified atom stereocenters. The zero-order valence-electron chi connectivity index (χ0n) is 11.2. The van der Waals surface area contributed by atoms with Gasteiger partial charge in [0.05, 0.1) is 5.56 Å². The molecule has 2 aromatic carbocycles. The largest absolute Gasteiger partial charge is 0.416 e. The van der Waals surface area contributed by atoms with Gasteiger partial charge in [0.15, 0.2) is 0 Å². The molecule has 0 aliphatic heterocycles. The van der Waals surface area contributed by atoms with Gasteiger partial charge in [-0.05, 0) is 37.3 Å². The number of aryl methyl sites for hydroxylation is 1. The minimum atomic E-state index is -4.60. The molecule has 0 radical (unpaired) electrons. The fourth-order valence-corrected chi connectivity index (χ4v) is 3.04. The molecule has 22 heavy (non-hydrogen) atoms. The van der Waals surface area contributed by atoms with E-state index in [9.17, 15) is 21.6 Å². The molecule has 118 valence electrons. The van der Waals surface area contributed by atoms with Gasteiger partial charge in [0.25, 0.3) is 0 Å². The van der Waals surface area contributed by atoms with Gasteiger partial charge in [-0.15, -0.1) is 0 Å². The highest BCUT2D eigenvalue weighted by Gasteiger charge is 2.32. The standard InChI is InChI=1S/C14H10BrF3O3S/c1-9-2-4-13(5-3-9)22(19,20)21-12-7-10(14(16,17)18)6-11(15)8-12/h2-8H,1H3. The molecule has 0 N–H and O–H groups in total. The van der Waals surface area contributed by atoms with Crippen molar-refractivity contribution >= 4 is 26.0 Å². The Morgan fingerprint density at radius 1 is 1.05 bits per heavy atom. The van der Waals surface area contributed by atoms with Gasteiger partial charge < -0.3 is 4.18 Å². The summed E-state index contributed by atoms with van der Waals surface area (Å²) >= 11 is 2.90. The summed E-state index contributed by atoms with van der Waals surface area (Å²) < 4.78 is 67.2. The predicted octanol–water partition coefficient (Wildman–Crippen LogP) is 4.54. The molecule has 2 rings (SSSR count). The molecule has 2 aromatic rings. The van der Waals surface area contributed by atoms with Crippen LogP contribution in [-0.2, 0) is 16.3 Å². The van der Waals surface area contributed by atoms with Crippen molar-refractivity contribution in [2.24, 2.45) is 0 Å². The van der Waals surface area contributed by atoms with Crippen molar-refractivity contribution in [1.82, 2.24) is 0 Å². The lowest BCUT2D eigenvalue weighted by atomic mass is 10.2. The zero-order valence-corrected chi connectivity index (χ0v) is 13.6. The van der Waals surface area contributed by atoms with E-state index in [4.69, 9.17) is 4.18 Å². The molecule has 0 bridgehead atoms. The average Bonchev–Trinajstić information content (AvgIpc) is 2.36. The van der Waals surface area contributed by atoms with Gasteiger partial charge in [0.1, 0.15) is 10.6 Å². The van der Waals surface area contributed by atoms with Crippen molar-refractivity contribution in [1.29, 1.82) is 0 Å². The molecule has 0 aliphatic rings. The lowest BCUT2D eigenvalue weighted by Crippen LogP contribution is -2.11. The number of halogens is 4. The molecule has 0 saturated carbocycles. The molecule has 3 nitrogen and oxygen atoms in total. The van der Waals surface area contributed by atoms with Gasteiger partial charge in [-0.1, -0.05) is 33.6 Å². The highest BCUT2D eigenvalue weighted by Crippen LogP contribution is 2.34. The van der Waals surface area contributed by atoms with Gasteiger partial charge in [-0.3, -0.25) is 0 Å². The van der Waals surface area contributed by atoms with E-state index in [2.05, 4.69) is 15.9 Å². The molecule has 0 aliphatic carbocycles. The van der Waals surface area contributed by atoms with E-state index in [0.717, 1.165) is 17.7 Å². The summed E-state index contributed by atoms with van der Waals surface area (Å²) in [5.41, 5.74) is -0.156. The summed E-state index contributed by atoms with van der Waals surface area (Å²) in [5, 5.41) is 0. The SMILES string of the molecule is Cc1ccc(S(=O)(=O)Oc2cc(Br)cc(C(F)(F)F)c2)cc1. The minimum absolute atomic E-state index is 0.0661. The van der Waals surface area contributed by atoms with Crippen LogP contribution in [0.15, 0.2) is 51.8 Å². The Bertz CT molecular complexity index is 784. The van der Waals surface area contributed by atoms with Crippen LogP contribution in [0.4, 0.5) is 13.2 Å². The third kappa shape index (κ3) is 4.01. The third-order valence-corrected chi connectivity index (χ3v) is 4.43. The number of alkyl halides is 3. The van der Waals surface area contributed by atoms with Crippen LogP contribution in [0, 0.1) is 6.92 Å². The first-order valence-electron chi connectivity index (χ1n) is 5.97. The van der Waals surface area contributed by atoms with E-state index in [-0.39, 0.29) is 9.37 Å². The number of hydrogen-bond acceptors (Lipinski definition) is 3. The lowest BCUT2D eigenvalue weighted by Gasteiger charge is -2.11. The quantitative estimate of drug-likeness (QED) is 0.717. The van der Waals surface area contributed by atoms with Crippen molar-refractivity contribution < 1.29 is 25.8 Å². The highest BCUT2D eigenvalue weighted by atomic mass is 79.9.